The Morgan fingerprint density at radius 1 is 1.21 bits per heavy atom. The molecule has 1 saturated heterocycles. The van der Waals surface area contributed by atoms with Gasteiger partial charge in [-0.25, -0.2) is 5.43 Å². The van der Waals surface area contributed by atoms with E-state index in [1.54, 1.807) is 0 Å². The predicted molar refractivity (Wildman–Crippen MR) is 131 cm³/mol. The third kappa shape index (κ3) is 5.55. The lowest BCUT2D eigenvalue weighted by atomic mass is 10.2. The molecule has 0 radical (unpaired) electrons. The van der Waals surface area contributed by atoms with E-state index in [0.29, 0.717) is 38.2 Å². The van der Waals surface area contributed by atoms with Crippen LogP contribution < -0.4 is 15.6 Å². The van der Waals surface area contributed by atoms with Crippen molar-refractivity contribution in [1.82, 2.24) is 15.0 Å². The minimum absolute atomic E-state index is 0.156. The van der Waals surface area contributed by atoms with Crippen molar-refractivity contribution in [2.75, 3.05) is 41.9 Å². The predicted octanol–water partition coefficient (Wildman–Crippen LogP) is 3.58. The summed E-state index contributed by atoms with van der Waals surface area (Å²) < 4.78 is 6.27. The normalized spacial score (nSPS) is 13.8. The first-order chi connectivity index (χ1) is 16.4. The maximum absolute atomic E-state index is 11.0. The average Bonchev–Trinajstić information content (AvgIpc) is 2.82. The maximum Gasteiger partial charge on any atom is 0.311 e. The Kier molecular flexibility index (Phi) is 7.13. The number of anilines is 4. The van der Waals surface area contributed by atoms with Crippen LogP contribution in [0.25, 0.3) is 0 Å². The number of halogens is 1. The molecule has 0 saturated carbocycles. The molecule has 2 heterocycles. The van der Waals surface area contributed by atoms with Gasteiger partial charge in [-0.05, 0) is 46.6 Å². The standard InChI is InChI=1S/C21H21BrN8O4/c1-13-5-6-16(15(22)11-13)24-19-25-20(27-21(26-19)29-7-9-34-10-8-29)28-23-12-14-3-2-4-17(18(14)31)30(32)33/h2-6,11-12,31H,7-10H2,1H3,(H2,24,25,26,27,28)/b23-12-. The van der Waals surface area contributed by atoms with Gasteiger partial charge in [0.2, 0.25) is 23.6 Å². The lowest BCUT2D eigenvalue weighted by molar-refractivity contribution is -0.385. The Bertz CT molecular complexity index is 1230. The first-order valence-electron chi connectivity index (χ1n) is 10.3. The van der Waals surface area contributed by atoms with Gasteiger partial charge in [-0.3, -0.25) is 10.1 Å². The van der Waals surface area contributed by atoms with Crippen molar-refractivity contribution in [2.24, 2.45) is 5.10 Å². The number of hydrazone groups is 1. The van der Waals surface area contributed by atoms with Gasteiger partial charge in [-0.1, -0.05) is 12.1 Å². The molecule has 13 heteroatoms. The van der Waals surface area contributed by atoms with E-state index in [1.807, 2.05) is 30.0 Å². The number of phenolic OH excluding ortho intramolecular Hbond substituents is 1. The molecule has 0 amide bonds. The van der Waals surface area contributed by atoms with E-state index in [9.17, 15) is 15.2 Å². The number of para-hydroxylation sites is 1. The second-order valence-electron chi connectivity index (χ2n) is 7.33. The second kappa shape index (κ2) is 10.4. The molecule has 1 aromatic heterocycles. The molecule has 34 heavy (non-hydrogen) atoms. The summed E-state index contributed by atoms with van der Waals surface area (Å²) >= 11 is 3.54. The summed E-state index contributed by atoms with van der Waals surface area (Å²) in [6, 6.07) is 10.0. The van der Waals surface area contributed by atoms with Gasteiger partial charge in [0.1, 0.15) is 0 Å². The smallest absolute Gasteiger partial charge is 0.311 e. The van der Waals surface area contributed by atoms with Crippen LogP contribution in [0.3, 0.4) is 0 Å². The monoisotopic (exact) mass is 528 g/mol. The number of phenols is 1. The minimum atomic E-state index is -0.665. The molecule has 0 unspecified atom stereocenters. The Morgan fingerprint density at radius 2 is 1.97 bits per heavy atom. The Labute approximate surface area is 203 Å². The highest BCUT2D eigenvalue weighted by atomic mass is 79.9. The lowest BCUT2D eigenvalue weighted by Crippen LogP contribution is -2.37. The first kappa shape index (κ1) is 23.3. The molecule has 1 fully saturated rings. The largest absolute Gasteiger partial charge is 0.502 e. The summed E-state index contributed by atoms with van der Waals surface area (Å²) in [7, 11) is 0. The molecule has 0 bridgehead atoms. The van der Waals surface area contributed by atoms with Gasteiger partial charge in [0.15, 0.2) is 0 Å². The van der Waals surface area contributed by atoms with Crippen molar-refractivity contribution in [3.63, 3.8) is 0 Å². The number of nitro groups is 1. The van der Waals surface area contributed by atoms with Gasteiger partial charge in [-0.2, -0.15) is 20.1 Å². The van der Waals surface area contributed by atoms with Crippen LogP contribution in [-0.2, 0) is 4.74 Å². The summed E-state index contributed by atoms with van der Waals surface area (Å²) in [6.07, 6.45) is 1.25. The highest BCUT2D eigenvalue weighted by Crippen LogP contribution is 2.28. The van der Waals surface area contributed by atoms with Crippen molar-refractivity contribution in [1.29, 1.82) is 0 Å². The van der Waals surface area contributed by atoms with Gasteiger partial charge >= 0.3 is 5.69 Å². The number of nitrogens with zero attached hydrogens (tertiary/aromatic N) is 6. The van der Waals surface area contributed by atoms with Crippen LogP contribution in [-0.4, -0.2) is 57.5 Å². The number of hydrogen-bond donors (Lipinski definition) is 3. The highest BCUT2D eigenvalue weighted by molar-refractivity contribution is 9.10. The van der Waals surface area contributed by atoms with Crippen LogP contribution in [0.15, 0.2) is 46.0 Å². The van der Waals surface area contributed by atoms with Gasteiger partial charge < -0.3 is 20.1 Å². The molecule has 3 aromatic rings. The van der Waals surface area contributed by atoms with Gasteiger partial charge in [0.05, 0.1) is 30.0 Å². The number of benzene rings is 2. The Morgan fingerprint density at radius 3 is 2.71 bits per heavy atom. The third-order valence-corrected chi connectivity index (χ3v) is 5.56. The number of aromatic nitrogens is 3. The molecule has 0 atom stereocenters. The van der Waals surface area contributed by atoms with Crippen molar-refractivity contribution >= 4 is 51.4 Å². The highest BCUT2D eigenvalue weighted by Gasteiger charge is 2.18. The fourth-order valence-corrected chi connectivity index (χ4v) is 3.77. The second-order valence-corrected chi connectivity index (χ2v) is 8.19. The summed E-state index contributed by atoms with van der Waals surface area (Å²) in [5.74, 6) is 0.426. The van der Waals surface area contributed by atoms with Crippen LogP contribution in [0.4, 0.5) is 29.2 Å². The van der Waals surface area contributed by atoms with Crippen LogP contribution in [0.1, 0.15) is 11.1 Å². The number of nitrogens with one attached hydrogen (secondary N) is 2. The maximum atomic E-state index is 11.0. The lowest BCUT2D eigenvalue weighted by Gasteiger charge is -2.27. The Balaban J connectivity index is 1.60. The van der Waals surface area contributed by atoms with E-state index in [-0.39, 0.29) is 11.5 Å². The quantitative estimate of drug-likeness (QED) is 0.235. The number of aromatic hydroxyl groups is 1. The summed E-state index contributed by atoms with van der Waals surface area (Å²) in [4.78, 5) is 25.7. The van der Waals surface area contributed by atoms with Crippen molar-refractivity contribution < 1.29 is 14.8 Å². The molecule has 176 valence electrons. The van der Waals surface area contributed by atoms with E-state index >= 15 is 0 Å². The van der Waals surface area contributed by atoms with E-state index in [4.69, 9.17) is 4.74 Å². The van der Waals surface area contributed by atoms with Crippen molar-refractivity contribution in [3.05, 3.63) is 62.1 Å². The zero-order valence-corrected chi connectivity index (χ0v) is 19.7. The van der Waals surface area contributed by atoms with Crippen LogP contribution >= 0.6 is 15.9 Å². The molecule has 12 nitrogen and oxygen atoms in total. The molecule has 4 rings (SSSR count). The number of rotatable bonds is 7. The summed E-state index contributed by atoms with van der Waals surface area (Å²) in [5.41, 5.74) is 4.36. The number of morpholine rings is 1. The SMILES string of the molecule is Cc1ccc(Nc2nc(N/N=C\c3cccc([N+](=O)[O-])c3O)nc(N3CCOCC3)n2)c(Br)c1. The van der Waals surface area contributed by atoms with E-state index < -0.39 is 16.4 Å². The topological polar surface area (TPSA) is 151 Å². The molecule has 2 aromatic carbocycles. The van der Waals surface area contributed by atoms with Crippen LogP contribution in [0.2, 0.25) is 0 Å². The molecule has 0 spiro atoms. The molecule has 0 aliphatic carbocycles. The zero-order valence-electron chi connectivity index (χ0n) is 18.1. The summed E-state index contributed by atoms with van der Waals surface area (Å²) in [5, 5.41) is 28.3. The van der Waals surface area contributed by atoms with Gasteiger partial charge in [0, 0.05) is 29.2 Å². The molecule has 1 aliphatic heterocycles. The fourth-order valence-electron chi connectivity index (χ4n) is 3.18. The van der Waals surface area contributed by atoms with Gasteiger partial charge in [-0.15, -0.1) is 0 Å². The van der Waals surface area contributed by atoms with E-state index in [2.05, 4.69) is 46.7 Å². The number of nitro benzene ring substituents is 1. The van der Waals surface area contributed by atoms with Crippen molar-refractivity contribution in [2.45, 2.75) is 6.92 Å². The number of aryl methyl sites for hydroxylation is 1. The molecular weight excluding hydrogens is 508 g/mol. The van der Waals surface area contributed by atoms with Crippen LogP contribution in [0, 0.1) is 17.0 Å². The van der Waals surface area contributed by atoms with E-state index in [0.717, 1.165) is 15.7 Å². The minimum Gasteiger partial charge on any atom is -0.502 e. The van der Waals surface area contributed by atoms with Crippen molar-refractivity contribution in [3.8, 4) is 5.75 Å². The number of ether oxygens (including phenoxy) is 1. The molecule has 1 aliphatic rings. The van der Waals surface area contributed by atoms with Crippen LogP contribution in [0.5, 0.6) is 5.75 Å². The molecular formula is C21H21BrN8O4. The average molecular weight is 529 g/mol. The Hall–Kier alpha value is -3.84. The first-order valence-corrected chi connectivity index (χ1v) is 11.1. The van der Waals surface area contributed by atoms with E-state index in [1.165, 1.54) is 24.4 Å². The third-order valence-electron chi connectivity index (χ3n) is 4.90. The van der Waals surface area contributed by atoms with Gasteiger partial charge in [0.25, 0.3) is 0 Å². The summed E-state index contributed by atoms with van der Waals surface area (Å²) in [6.45, 7) is 4.37. The fraction of sp³-hybridized carbons (Fsp3) is 0.238. The zero-order chi connectivity index (χ0) is 24.1. The molecule has 3 N–H and O–H groups in total. The number of hydrogen-bond acceptors (Lipinski definition) is 11.